The SMILES string of the molecule is N#CC1(c2ccc(F)c(F)c2)CCCC1. The molecule has 0 radical (unpaired) electrons. The third-order valence-electron chi connectivity index (χ3n) is 3.14. The minimum absolute atomic E-state index is 0.589. The van der Waals surface area contributed by atoms with E-state index in [9.17, 15) is 8.78 Å². The largest absolute Gasteiger partial charge is 0.204 e. The van der Waals surface area contributed by atoms with Crippen molar-refractivity contribution >= 4 is 0 Å². The Hall–Kier alpha value is -1.43. The summed E-state index contributed by atoms with van der Waals surface area (Å²) in [7, 11) is 0. The Balaban J connectivity index is 2.44. The normalized spacial score (nSPS) is 18.7. The molecule has 1 aliphatic carbocycles. The quantitative estimate of drug-likeness (QED) is 0.693. The number of hydrogen-bond donors (Lipinski definition) is 0. The highest BCUT2D eigenvalue weighted by Gasteiger charge is 2.36. The Morgan fingerprint density at radius 3 is 2.33 bits per heavy atom. The summed E-state index contributed by atoms with van der Waals surface area (Å²) in [6.07, 6.45) is 3.45. The molecule has 2 rings (SSSR count). The lowest BCUT2D eigenvalue weighted by Gasteiger charge is -2.20. The lowest BCUT2D eigenvalue weighted by atomic mass is 9.80. The van der Waals surface area contributed by atoms with E-state index in [1.54, 1.807) is 0 Å². The average Bonchev–Trinajstić information content (AvgIpc) is 2.72. The molecule has 1 aromatic rings. The highest BCUT2D eigenvalue weighted by molar-refractivity contribution is 5.34. The fourth-order valence-electron chi connectivity index (χ4n) is 2.24. The van der Waals surface area contributed by atoms with Gasteiger partial charge < -0.3 is 0 Å². The van der Waals surface area contributed by atoms with Crippen molar-refractivity contribution in [2.75, 3.05) is 0 Å². The molecule has 1 fully saturated rings. The van der Waals surface area contributed by atoms with Crippen LogP contribution in [0.25, 0.3) is 0 Å². The molecule has 15 heavy (non-hydrogen) atoms. The molecule has 0 bridgehead atoms. The zero-order chi connectivity index (χ0) is 10.9. The maximum Gasteiger partial charge on any atom is 0.159 e. The fraction of sp³-hybridized carbons (Fsp3) is 0.417. The van der Waals surface area contributed by atoms with Crippen molar-refractivity contribution in [2.24, 2.45) is 0 Å². The Morgan fingerprint density at radius 2 is 1.80 bits per heavy atom. The number of benzene rings is 1. The van der Waals surface area contributed by atoms with E-state index < -0.39 is 17.0 Å². The summed E-state index contributed by atoms with van der Waals surface area (Å²) in [6, 6.07) is 6.03. The van der Waals surface area contributed by atoms with Gasteiger partial charge in [-0.05, 0) is 30.5 Å². The van der Waals surface area contributed by atoms with Crippen molar-refractivity contribution < 1.29 is 8.78 Å². The van der Waals surface area contributed by atoms with Gasteiger partial charge in [0, 0.05) is 0 Å². The van der Waals surface area contributed by atoms with Gasteiger partial charge in [-0.15, -0.1) is 0 Å². The molecule has 1 nitrogen and oxygen atoms in total. The Labute approximate surface area is 87.3 Å². The van der Waals surface area contributed by atoms with E-state index in [4.69, 9.17) is 5.26 Å². The molecular formula is C12H11F2N. The second kappa shape index (κ2) is 3.62. The monoisotopic (exact) mass is 207 g/mol. The second-order valence-electron chi connectivity index (χ2n) is 4.03. The van der Waals surface area contributed by atoms with Gasteiger partial charge in [-0.2, -0.15) is 5.26 Å². The van der Waals surface area contributed by atoms with Crippen LogP contribution < -0.4 is 0 Å². The van der Waals surface area contributed by atoms with Gasteiger partial charge >= 0.3 is 0 Å². The van der Waals surface area contributed by atoms with E-state index in [1.807, 2.05) is 0 Å². The zero-order valence-electron chi connectivity index (χ0n) is 8.26. The van der Waals surface area contributed by atoms with Gasteiger partial charge in [-0.25, -0.2) is 8.78 Å². The molecule has 0 saturated heterocycles. The van der Waals surface area contributed by atoms with Gasteiger partial charge in [0.05, 0.1) is 11.5 Å². The van der Waals surface area contributed by atoms with E-state index in [0.717, 1.165) is 37.8 Å². The van der Waals surface area contributed by atoms with Gasteiger partial charge in [-0.1, -0.05) is 18.9 Å². The summed E-state index contributed by atoms with van der Waals surface area (Å²) in [5.74, 6) is -1.72. The van der Waals surface area contributed by atoms with Crippen LogP contribution in [0.2, 0.25) is 0 Å². The molecule has 1 aliphatic rings. The minimum atomic E-state index is -0.867. The predicted octanol–water partition coefficient (Wildman–Crippen LogP) is 3.30. The highest BCUT2D eigenvalue weighted by atomic mass is 19.2. The summed E-state index contributed by atoms with van der Waals surface area (Å²) < 4.78 is 25.8. The summed E-state index contributed by atoms with van der Waals surface area (Å²) in [5, 5.41) is 9.16. The van der Waals surface area contributed by atoms with Gasteiger partial charge in [0.25, 0.3) is 0 Å². The lowest BCUT2D eigenvalue weighted by molar-refractivity contribution is 0.497. The zero-order valence-corrected chi connectivity index (χ0v) is 8.26. The number of rotatable bonds is 1. The van der Waals surface area contributed by atoms with Crippen LogP contribution in [-0.2, 0) is 5.41 Å². The standard InChI is InChI=1S/C12H11F2N/c13-10-4-3-9(7-11(10)14)12(8-15)5-1-2-6-12/h3-4,7H,1-2,5-6H2. The number of nitrogens with zero attached hydrogens (tertiary/aromatic N) is 1. The number of halogens is 2. The first-order valence-electron chi connectivity index (χ1n) is 5.05. The maximum atomic E-state index is 13.1. The van der Waals surface area contributed by atoms with Gasteiger partial charge in [0.15, 0.2) is 11.6 Å². The van der Waals surface area contributed by atoms with Crippen LogP contribution in [0.3, 0.4) is 0 Å². The van der Waals surface area contributed by atoms with Gasteiger partial charge in [0.2, 0.25) is 0 Å². The molecule has 0 aliphatic heterocycles. The van der Waals surface area contributed by atoms with Crippen LogP contribution in [0.15, 0.2) is 18.2 Å². The Kier molecular flexibility index (Phi) is 2.44. The molecule has 0 heterocycles. The molecule has 0 N–H and O–H groups in total. The topological polar surface area (TPSA) is 23.8 Å². The van der Waals surface area contributed by atoms with E-state index >= 15 is 0 Å². The van der Waals surface area contributed by atoms with E-state index in [1.165, 1.54) is 6.07 Å². The first-order valence-corrected chi connectivity index (χ1v) is 5.05. The van der Waals surface area contributed by atoms with Crippen LogP contribution in [-0.4, -0.2) is 0 Å². The van der Waals surface area contributed by atoms with Crippen LogP contribution in [0, 0.1) is 23.0 Å². The minimum Gasteiger partial charge on any atom is -0.204 e. The third kappa shape index (κ3) is 1.61. The Bertz CT molecular complexity index is 414. The molecule has 1 aromatic carbocycles. The summed E-state index contributed by atoms with van der Waals surface area (Å²) in [6.45, 7) is 0. The third-order valence-corrected chi connectivity index (χ3v) is 3.14. The molecule has 78 valence electrons. The van der Waals surface area contributed by atoms with Crippen molar-refractivity contribution in [3.8, 4) is 6.07 Å². The Morgan fingerprint density at radius 1 is 1.13 bits per heavy atom. The van der Waals surface area contributed by atoms with Crippen LogP contribution in [0.5, 0.6) is 0 Å². The first-order chi connectivity index (χ1) is 7.18. The van der Waals surface area contributed by atoms with Gasteiger partial charge in [0.1, 0.15) is 0 Å². The van der Waals surface area contributed by atoms with Crippen molar-refractivity contribution in [2.45, 2.75) is 31.1 Å². The molecule has 0 unspecified atom stereocenters. The lowest BCUT2D eigenvalue weighted by Crippen LogP contribution is -2.19. The van der Waals surface area contributed by atoms with Crippen molar-refractivity contribution in [1.29, 1.82) is 5.26 Å². The van der Waals surface area contributed by atoms with Crippen molar-refractivity contribution in [1.82, 2.24) is 0 Å². The second-order valence-corrected chi connectivity index (χ2v) is 4.03. The fourth-order valence-corrected chi connectivity index (χ4v) is 2.24. The highest BCUT2D eigenvalue weighted by Crippen LogP contribution is 2.40. The molecular weight excluding hydrogens is 196 g/mol. The van der Waals surface area contributed by atoms with Crippen molar-refractivity contribution in [3.63, 3.8) is 0 Å². The average molecular weight is 207 g/mol. The van der Waals surface area contributed by atoms with E-state index in [2.05, 4.69) is 6.07 Å². The smallest absolute Gasteiger partial charge is 0.159 e. The van der Waals surface area contributed by atoms with Crippen LogP contribution in [0.1, 0.15) is 31.2 Å². The first kappa shape index (κ1) is 10.1. The van der Waals surface area contributed by atoms with Crippen LogP contribution in [0.4, 0.5) is 8.78 Å². The number of nitriles is 1. The number of hydrogen-bond acceptors (Lipinski definition) is 1. The van der Waals surface area contributed by atoms with E-state index in [-0.39, 0.29) is 0 Å². The van der Waals surface area contributed by atoms with Gasteiger partial charge in [-0.3, -0.25) is 0 Å². The molecule has 1 saturated carbocycles. The summed E-state index contributed by atoms with van der Waals surface area (Å²) in [5.41, 5.74) is 0.0237. The van der Waals surface area contributed by atoms with Crippen molar-refractivity contribution in [3.05, 3.63) is 35.4 Å². The predicted molar refractivity (Wildman–Crippen MR) is 52.1 cm³/mol. The summed E-state index contributed by atoms with van der Waals surface area (Å²) >= 11 is 0. The maximum absolute atomic E-state index is 13.1. The summed E-state index contributed by atoms with van der Waals surface area (Å²) in [4.78, 5) is 0. The van der Waals surface area contributed by atoms with Crippen LogP contribution >= 0.6 is 0 Å². The molecule has 0 spiro atoms. The molecule has 0 atom stereocenters. The van der Waals surface area contributed by atoms with E-state index in [0.29, 0.717) is 5.56 Å². The molecule has 0 amide bonds. The molecule has 3 heteroatoms. The molecule has 0 aromatic heterocycles.